The highest BCUT2D eigenvalue weighted by atomic mass is 19.1. The number of aromatic amines is 1. The van der Waals surface area contributed by atoms with Gasteiger partial charge in [0, 0.05) is 91.0 Å². The molecule has 1 amide bonds. The molecule has 1 spiro atoms. The Labute approximate surface area is 270 Å². The minimum Gasteiger partial charge on any atom is -0.380 e. The zero-order valence-electron chi connectivity index (χ0n) is 27.1. The van der Waals surface area contributed by atoms with E-state index in [9.17, 15) is 4.79 Å². The Hall–Kier alpha value is -3.79. The topological polar surface area (TPSA) is 67.9 Å². The van der Waals surface area contributed by atoms with Crippen LogP contribution >= 0.6 is 0 Å². The molecule has 8 nitrogen and oxygen atoms in total. The van der Waals surface area contributed by atoms with Crippen LogP contribution in [0, 0.1) is 25.1 Å². The Kier molecular flexibility index (Phi) is 7.38. The number of benzene rings is 2. The maximum atomic E-state index is 15.6. The third-order valence-electron chi connectivity index (χ3n) is 10.9. The molecule has 8 rings (SSSR count). The number of anilines is 1. The fourth-order valence-electron chi connectivity index (χ4n) is 8.21. The summed E-state index contributed by atoms with van der Waals surface area (Å²) in [4.78, 5) is 30.4. The van der Waals surface area contributed by atoms with E-state index in [0.29, 0.717) is 43.1 Å². The Balaban J connectivity index is 1.00. The lowest BCUT2D eigenvalue weighted by Crippen LogP contribution is -2.67. The number of fused-ring (bicyclic) bond motifs is 1. The average Bonchev–Trinajstić information content (AvgIpc) is 3.43. The molecule has 0 atom stereocenters. The van der Waals surface area contributed by atoms with Crippen molar-refractivity contribution in [1.29, 1.82) is 0 Å². The first-order valence-electron chi connectivity index (χ1n) is 16.7. The maximum absolute atomic E-state index is 15.6. The number of aryl methyl sites for hydroxylation is 2. The molecule has 4 aliphatic rings. The number of hydrogen-bond acceptors (Lipinski definition) is 6. The van der Waals surface area contributed by atoms with E-state index in [4.69, 9.17) is 9.72 Å². The summed E-state index contributed by atoms with van der Waals surface area (Å²) in [5, 5.41) is 0.856. The number of piperidine rings is 1. The van der Waals surface area contributed by atoms with E-state index in [0.717, 1.165) is 54.3 Å². The number of ether oxygens (including phenoxy) is 1. The molecule has 240 valence electrons. The number of carbonyl (C=O) groups is 1. The summed E-state index contributed by atoms with van der Waals surface area (Å²) in [6.07, 6.45) is 6.25. The van der Waals surface area contributed by atoms with Crippen molar-refractivity contribution in [3.63, 3.8) is 0 Å². The average molecular weight is 623 g/mol. The van der Waals surface area contributed by atoms with E-state index in [1.165, 1.54) is 48.8 Å². The van der Waals surface area contributed by atoms with Gasteiger partial charge in [0.25, 0.3) is 5.91 Å². The van der Waals surface area contributed by atoms with Crippen molar-refractivity contribution in [1.82, 2.24) is 24.7 Å². The monoisotopic (exact) mass is 622 g/mol. The van der Waals surface area contributed by atoms with Gasteiger partial charge < -0.3 is 24.4 Å². The van der Waals surface area contributed by atoms with Crippen molar-refractivity contribution in [2.24, 2.45) is 5.41 Å². The molecule has 4 saturated heterocycles. The molecule has 0 saturated carbocycles. The summed E-state index contributed by atoms with van der Waals surface area (Å²) in [5.74, 6) is -0.537. The number of H-pyrrole nitrogens is 1. The molecule has 2 aromatic heterocycles. The second-order valence-corrected chi connectivity index (χ2v) is 14.2. The number of carbonyl (C=O) groups excluding carboxylic acids is 1. The zero-order valence-corrected chi connectivity index (χ0v) is 27.1. The predicted octanol–water partition coefficient (Wildman–Crippen LogP) is 5.34. The molecule has 6 heterocycles. The van der Waals surface area contributed by atoms with Crippen LogP contribution in [0.4, 0.5) is 10.1 Å². The Morgan fingerprint density at radius 1 is 0.935 bits per heavy atom. The minimum atomic E-state index is -0.411. The predicted molar refractivity (Wildman–Crippen MR) is 180 cm³/mol. The summed E-state index contributed by atoms with van der Waals surface area (Å²) in [7, 11) is 2.23. The molecular formula is C37H43FN6O2. The smallest absolute Gasteiger partial charge is 0.254 e. The van der Waals surface area contributed by atoms with Crippen LogP contribution in [0.3, 0.4) is 0 Å². The molecule has 2 aromatic carbocycles. The number of halogens is 1. The zero-order chi connectivity index (χ0) is 31.6. The van der Waals surface area contributed by atoms with Gasteiger partial charge >= 0.3 is 0 Å². The van der Waals surface area contributed by atoms with Gasteiger partial charge in [-0.15, -0.1) is 0 Å². The van der Waals surface area contributed by atoms with Crippen LogP contribution < -0.4 is 4.90 Å². The first kappa shape index (κ1) is 29.6. The Bertz CT molecular complexity index is 1770. The SMILES string of the molecule is Cc1cc(-c2cnc3[nH]cc(-c4ccc(C(=O)N5CC6(COC6)C5)cc4F)c3c2)cc(C)c1N1CCN(C2CCN(C)CC2)CC1. The first-order chi connectivity index (χ1) is 22.3. The number of piperazine rings is 1. The molecule has 0 radical (unpaired) electrons. The summed E-state index contributed by atoms with van der Waals surface area (Å²) < 4.78 is 20.9. The summed E-state index contributed by atoms with van der Waals surface area (Å²) >= 11 is 0. The van der Waals surface area contributed by atoms with Crippen LogP contribution in [0.25, 0.3) is 33.3 Å². The standard InChI is InChI=1S/C37H43FN6O2/c1-24-14-27(15-25(2)34(24)43-12-10-42(11-13-43)29-6-8-41(3)9-7-29)28-16-31-32(19-40-35(31)39-18-28)30-5-4-26(17-33(30)38)36(45)44-20-37(21-44)22-46-23-37/h4-5,14-19,29H,6-13,20-23H2,1-3H3,(H,39,40). The molecule has 4 fully saturated rings. The highest BCUT2D eigenvalue weighted by molar-refractivity contribution is 5.98. The molecule has 9 heteroatoms. The number of pyridine rings is 1. The van der Waals surface area contributed by atoms with Crippen LogP contribution in [-0.2, 0) is 4.74 Å². The van der Waals surface area contributed by atoms with E-state index in [2.05, 4.69) is 58.8 Å². The lowest BCUT2D eigenvalue weighted by atomic mass is 9.78. The fourth-order valence-corrected chi connectivity index (χ4v) is 8.21. The maximum Gasteiger partial charge on any atom is 0.254 e. The third kappa shape index (κ3) is 5.18. The fraction of sp³-hybridized carbons (Fsp3) is 0.459. The van der Waals surface area contributed by atoms with Gasteiger partial charge in [0.05, 0.1) is 18.6 Å². The number of amides is 1. The van der Waals surface area contributed by atoms with Crippen molar-refractivity contribution < 1.29 is 13.9 Å². The molecule has 1 N–H and O–H groups in total. The van der Waals surface area contributed by atoms with Crippen LogP contribution in [0.5, 0.6) is 0 Å². The first-order valence-corrected chi connectivity index (χ1v) is 16.7. The lowest BCUT2D eigenvalue weighted by Gasteiger charge is -2.54. The molecule has 0 aliphatic carbocycles. The Morgan fingerprint density at radius 2 is 1.65 bits per heavy atom. The van der Waals surface area contributed by atoms with Gasteiger partial charge in [0.15, 0.2) is 0 Å². The van der Waals surface area contributed by atoms with Gasteiger partial charge in [-0.25, -0.2) is 9.37 Å². The molecule has 4 aromatic rings. The number of rotatable bonds is 5. The van der Waals surface area contributed by atoms with E-state index >= 15 is 4.39 Å². The number of nitrogens with one attached hydrogen (secondary N) is 1. The number of hydrogen-bond donors (Lipinski definition) is 1. The number of aromatic nitrogens is 2. The second kappa shape index (κ2) is 11.5. The Morgan fingerprint density at radius 3 is 2.30 bits per heavy atom. The molecule has 4 aliphatic heterocycles. The second-order valence-electron chi connectivity index (χ2n) is 14.2. The van der Waals surface area contributed by atoms with Crippen molar-refractivity contribution in [2.75, 3.05) is 77.5 Å². The van der Waals surface area contributed by atoms with Gasteiger partial charge in [-0.1, -0.05) is 6.07 Å². The molecule has 46 heavy (non-hydrogen) atoms. The highest BCUT2D eigenvalue weighted by Crippen LogP contribution is 2.39. The van der Waals surface area contributed by atoms with Gasteiger partial charge in [-0.05, 0) is 93.8 Å². The quantitative estimate of drug-likeness (QED) is 0.324. The summed E-state index contributed by atoms with van der Waals surface area (Å²) in [5.41, 5.74) is 8.38. The van der Waals surface area contributed by atoms with Gasteiger partial charge in [0.2, 0.25) is 0 Å². The van der Waals surface area contributed by atoms with Gasteiger partial charge in [0.1, 0.15) is 11.5 Å². The lowest BCUT2D eigenvalue weighted by molar-refractivity contribution is -0.176. The van der Waals surface area contributed by atoms with Crippen molar-refractivity contribution >= 4 is 22.6 Å². The van der Waals surface area contributed by atoms with Crippen molar-refractivity contribution in [3.8, 4) is 22.3 Å². The van der Waals surface area contributed by atoms with Crippen LogP contribution in [0.1, 0.15) is 34.3 Å². The molecule has 0 unspecified atom stereocenters. The molecular weight excluding hydrogens is 579 g/mol. The van der Waals surface area contributed by atoms with E-state index in [1.807, 2.05) is 12.4 Å². The van der Waals surface area contributed by atoms with E-state index < -0.39 is 5.82 Å². The van der Waals surface area contributed by atoms with Crippen LogP contribution in [0.15, 0.2) is 48.8 Å². The minimum absolute atomic E-state index is 0.126. The number of nitrogens with zero attached hydrogens (tertiary/aromatic N) is 5. The third-order valence-corrected chi connectivity index (χ3v) is 10.9. The highest BCUT2D eigenvalue weighted by Gasteiger charge is 2.50. The normalized spacial score (nSPS) is 20.7. The summed E-state index contributed by atoms with van der Waals surface area (Å²) in [6.45, 7) is 13.9. The number of likely N-dealkylation sites (tertiary alicyclic amines) is 2. The van der Waals surface area contributed by atoms with E-state index in [-0.39, 0.29) is 11.3 Å². The van der Waals surface area contributed by atoms with Gasteiger partial charge in [-0.2, -0.15) is 0 Å². The van der Waals surface area contributed by atoms with Crippen LogP contribution in [0.2, 0.25) is 0 Å². The van der Waals surface area contributed by atoms with Crippen LogP contribution in [-0.4, -0.2) is 109 Å². The van der Waals surface area contributed by atoms with Gasteiger partial charge in [-0.3, -0.25) is 9.69 Å². The molecule has 0 bridgehead atoms. The largest absolute Gasteiger partial charge is 0.380 e. The van der Waals surface area contributed by atoms with Crippen molar-refractivity contribution in [3.05, 3.63) is 71.3 Å². The summed E-state index contributed by atoms with van der Waals surface area (Å²) in [6, 6.07) is 12.2. The van der Waals surface area contributed by atoms with E-state index in [1.54, 1.807) is 17.0 Å². The van der Waals surface area contributed by atoms with Crippen molar-refractivity contribution in [2.45, 2.75) is 32.7 Å².